The Balaban J connectivity index is 1.45. The number of rotatable bonds is 5. The van der Waals surface area contributed by atoms with Crippen LogP contribution in [-0.2, 0) is 16.0 Å². The fourth-order valence-corrected chi connectivity index (χ4v) is 3.12. The van der Waals surface area contributed by atoms with Gasteiger partial charge in [-0.05, 0) is 50.3 Å². The van der Waals surface area contributed by atoms with Crippen LogP contribution in [0.2, 0.25) is 0 Å². The molecule has 2 aliphatic rings. The molecule has 0 radical (unpaired) electrons. The summed E-state index contributed by atoms with van der Waals surface area (Å²) >= 11 is 0. The normalized spacial score (nSPS) is 17.5. The van der Waals surface area contributed by atoms with Gasteiger partial charge in [0, 0.05) is 19.5 Å². The van der Waals surface area contributed by atoms with Crippen molar-refractivity contribution < 1.29 is 19.1 Å². The molecule has 0 aliphatic carbocycles. The van der Waals surface area contributed by atoms with Crippen LogP contribution in [0.3, 0.4) is 0 Å². The highest BCUT2D eigenvalue weighted by Gasteiger charge is 2.23. The number of piperidine rings is 1. The number of hydrogen-bond acceptors (Lipinski definition) is 4. The highest BCUT2D eigenvalue weighted by molar-refractivity contribution is 5.87. The third-order valence-corrected chi connectivity index (χ3v) is 4.49. The average Bonchev–Trinajstić information content (AvgIpc) is 3.07. The number of hydrogen-bond donors (Lipinski definition) is 1. The van der Waals surface area contributed by atoms with Gasteiger partial charge in [0.25, 0.3) is 0 Å². The zero-order valence-corrected chi connectivity index (χ0v) is 14.0. The Morgan fingerprint density at radius 1 is 1.17 bits per heavy atom. The van der Waals surface area contributed by atoms with E-state index in [9.17, 15) is 9.59 Å². The van der Waals surface area contributed by atoms with Crippen molar-refractivity contribution in [3.8, 4) is 11.5 Å². The van der Waals surface area contributed by atoms with Gasteiger partial charge in [0.1, 0.15) is 6.04 Å². The summed E-state index contributed by atoms with van der Waals surface area (Å²) in [6.45, 7) is 3.61. The van der Waals surface area contributed by atoms with Gasteiger partial charge in [-0.3, -0.25) is 9.59 Å². The Kier molecular flexibility index (Phi) is 5.23. The summed E-state index contributed by atoms with van der Waals surface area (Å²) in [5, 5.41) is 2.81. The molecule has 6 nitrogen and oxygen atoms in total. The molecule has 1 saturated heterocycles. The molecule has 130 valence electrons. The van der Waals surface area contributed by atoms with Crippen LogP contribution in [0.25, 0.3) is 0 Å². The zero-order valence-electron chi connectivity index (χ0n) is 14.0. The lowest BCUT2D eigenvalue weighted by molar-refractivity contribution is -0.136. The molecule has 2 heterocycles. The number of nitrogens with one attached hydrogen (secondary N) is 1. The summed E-state index contributed by atoms with van der Waals surface area (Å²) < 4.78 is 10.6. The number of likely N-dealkylation sites (tertiary alicyclic amines) is 1. The van der Waals surface area contributed by atoms with E-state index < -0.39 is 6.04 Å². The minimum Gasteiger partial charge on any atom is -0.454 e. The van der Waals surface area contributed by atoms with Gasteiger partial charge in [-0.25, -0.2) is 0 Å². The largest absolute Gasteiger partial charge is 0.454 e. The van der Waals surface area contributed by atoms with Crippen LogP contribution in [-0.4, -0.2) is 42.6 Å². The van der Waals surface area contributed by atoms with Crippen LogP contribution < -0.4 is 14.8 Å². The third kappa shape index (κ3) is 3.99. The highest BCUT2D eigenvalue weighted by atomic mass is 16.7. The number of aryl methyl sites for hydroxylation is 1. The molecular weight excluding hydrogens is 308 g/mol. The quantitative estimate of drug-likeness (QED) is 0.894. The minimum absolute atomic E-state index is 0.0196. The molecule has 24 heavy (non-hydrogen) atoms. The van der Waals surface area contributed by atoms with Crippen molar-refractivity contribution in [1.82, 2.24) is 10.2 Å². The molecule has 2 amide bonds. The first-order chi connectivity index (χ1) is 11.6. The first kappa shape index (κ1) is 16.6. The van der Waals surface area contributed by atoms with E-state index in [2.05, 4.69) is 5.32 Å². The van der Waals surface area contributed by atoms with Crippen LogP contribution >= 0.6 is 0 Å². The number of carbonyl (C=O) groups is 2. The topological polar surface area (TPSA) is 67.9 Å². The van der Waals surface area contributed by atoms with Crippen LogP contribution in [0.5, 0.6) is 11.5 Å². The second-order valence-electron chi connectivity index (χ2n) is 6.36. The van der Waals surface area contributed by atoms with Crippen molar-refractivity contribution in [2.24, 2.45) is 0 Å². The Hall–Kier alpha value is -2.24. The standard InChI is InChI=1S/C18H24N2O4/c1-13(18(22)20-9-3-2-4-10-20)19-17(21)8-6-14-5-7-15-16(11-14)24-12-23-15/h5,7,11,13H,2-4,6,8-10,12H2,1H3,(H,19,21). The molecule has 0 spiro atoms. The van der Waals surface area contributed by atoms with Crippen LogP contribution in [0.4, 0.5) is 0 Å². The number of nitrogens with zero attached hydrogens (tertiary/aromatic N) is 1. The van der Waals surface area contributed by atoms with Gasteiger partial charge < -0.3 is 19.7 Å². The van der Waals surface area contributed by atoms with Gasteiger partial charge in [0.15, 0.2) is 11.5 Å². The summed E-state index contributed by atoms with van der Waals surface area (Å²) in [7, 11) is 0. The van der Waals surface area contributed by atoms with E-state index in [0.29, 0.717) is 12.8 Å². The molecule has 0 saturated carbocycles. The van der Waals surface area contributed by atoms with Crippen molar-refractivity contribution in [1.29, 1.82) is 0 Å². The van der Waals surface area contributed by atoms with Gasteiger partial charge in [-0.1, -0.05) is 6.07 Å². The van der Waals surface area contributed by atoms with Gasteiger partial charge in [-0.15, -0.1) is 0 Å². The molecule has 0 bridgehead atoms. The second-order valence-corrected chi connectivity index (χ2v) is 6.36. The minimum atomic E-state index is -0.465. The monoisotopic (exact) mass is 332 g/mol. The van der Waals surface area contributed by atoms with Crippen molar-refractivity contribution >= 4 is 11.8 Å². The third-order valence-electron chi connectivity index (χ3n) is 4.49. The summed E-state index contributed by atoms with van der Waals surface area (Å²) in [6.07, 6.45) is 4.23. The van der Waals surface area contributed by atoms with E-state index in [-0.39, 0.29) is 18.6 Å². The summed E-state index contributed by atoms with van der Waals surface area (Å²) in [4.78, 5) is 26.3. The summed E-state index contributed by atoms with van der Waals surface area (Å²) in [5.74, 6) is 1.38. The summed E-state index contributed by atoms with van der Waals surface area (Å²) in [5.41, 5.74) is 1.02. The van der Waals surface area contributed by atoms with E-state index >= 15 is 0 Å². The SMILES string of the molecule is CC(NC(=O)CCc1ccc2c(c1)OCO2)C(=O)N1CCCCC1. The molecule has 1 aromatic rings. The average molecular weight is 332 g/mol. The maximum Gasteiger partial charge on any atom is 0.244 e. The van der Waals surface area contributed by atoms with Gasteiger partial charge in [0.05, 0.1) is 0 Å². The molecular formula is C18H24N2O4. The Labute approximate surface area is 142 Å². The predicted molar refractivity (Wildman–Crippen MR) is 88.9 cm³/mol. The second kappa shape index (κ2) is 7.55. The first-order valence-electron chi connectivity index (χ1n) is 8.60. The number of fused-ring (bicyclic) bond motifs is 1. The lowest BCUT2D eigenvalue weighted by atomic mass is 10.1. The van der Waals surface area contributed by atoms with E-state index in [0.717, 1.165) is 43.0 Å². The molecule has 1 atom stereocenters. The lowest BCUT2D eigenvalue weighted by Gasteiger charge is -2.29. The number of carbonyl (C=O) groups excluding carboxylic acids is 2. The maximum atomic E-state index is 12.3. The fraction of sp³-hybridized carbons (Fsp3) is 0.556. The molecule has 2 aliphatic heterocycles. The van der Waals surface area contributed by atoms with Crippen molar-refractivity contribution in [3.63, 3.8) is 0 Å². The zero-order chi connectivity index (χ0) is 16.9. The number of amides is 2. The number of benzene rings is 1. The molecule has 1 fully saturated rings. The molecule has 1 aromatic carbocycles. The van der Waals surface area contributed by atoms with Crippen LogP contribution in [0.1, 0.15) is 38.2 Å². The fourth-order valence-electron chi connectivity index (χ4n) is 3.12. The first-order valence-corrected chi connectivity index (χ1v) is 8.60. The summed E-state index contributed by atoms with van der Waals surface area (Å²) in [6, 6.07) is 5.23. The van der Waals surface area contributed by atoms with Crippen molar-refractivity contribution in [3.05, 3.63) is 23.8 Å². The smallest absolute Gasteiger partial charge is 0.244 e. The van der Waals surface area contributed by atoms with Crippen LogP contribution in [0.15, 0.2) is 18.2 Å². The molecule has 0 aromatic heterocycles. The molecule has 6 heteroatoms. The Bertz CT molecular complexity index is 611. The van der Waals surface area contributed by atoms with Crippen LogP contribution in [0, 0.1) is 0 Å². The predicted octanol–water partition coefficient (Wildman–Crippen LogP) is 1.87. The van der Waals surface area contributed by atoms with E-state index in [1.54, 1.807) is 6.92 Å². The molecule has 1 N–H and O–H groups in total. The Morgan fingerprint density at radius 2 is 1.92 bits per heavy atom. The molecule has 3 rings (SSSR count). The highest BCUT2D eigenvalue weighted by Crippen LogP contribution is 2.32. The van der Waals surface area contributed by atoms with Crippen molar-refractivity contribution in [2.75, 3.05) is 19.9 Å². The Morgan fingerprint density at radius 3 is 2.71 bits per heavy atom. The van der Waals surface area contributed by atoms with Crippen molar-refractivity contribution in [2.45, 2.75) is 45.1 Å². The maximum absolute atomic E-state index is 12.3. The number of ether oxygens (including phenoxy) is 2. The van der Waals surface area contributed by atoms with Gasteiger partial charge >= 0.3 is 0 Å². The molecule has 1 unspecified atom stereocenters. The van der Waals surface area contributed by atoms with Gasteiger partial charge in [0.2, 0.25) is 18.6 Å². The van der Waals surface area contributed by atoms with E-state index in [4.69, 9.17) is 9.47 Å². The lowest BCUT2D eigenvalue weighted by Crippen LogP contribution is -2.48. The van der Waals surface area contributed by atoms with Gasteiger partial charge in [-0.2, -0.15) is 0 Å². The van der Waals surface area contributed by atoms with E-state index in [1.807, 2.05) is 23.1 Å². The van der Waals surface area contributed by atoms with E-state index in [1.165, 1.54) is 6.42 Å².